The van der Waals surface area contributed by atoms with Gasteiger partial charge in [0.15, 0.2) is 0 Å². The predicted molar refractivity (Wildman–Crippen MR) is 103 cm³/mol. The third kappa shape index (κ3) is 4.15. The molecule has 3 rings (SSSR count). The number of hydrogen-bond acceptors (Lipinski definition) is 6. The van der Waals surface area contributed by atoms with Gasteiger partial charge < -0.3 is 14.3 Å². The van der Waals surface area contributed by atoms with E-state index in [1.165, 1.54) is 0 Å². The van der Waals surface area contributed by atoms with Crippen LogP contribution in [0.2, 0.25) is 0 Å². The molecule has 0 saturated carbocycles. The minimum absolute atomic E-state index is 0.297. The zero-order valence-corrected chi connectivity index (χ0v) is 17.5. The number of hydrogen-bond donors (Lipinski definition) is 0. The molecule has 2 heterocycles. The van der Waals surface area contributed by atoms with Gasteiger partial charge in [-0.2, -0.15) is 0 Å². The number of benzene rings is 1. The Kier molecular flexibility index (Phi) is 5.42. The highest BCUT2D eigenvalue weighted by atomic mass is 16.7. The number of rotatable bonds is 3. The van der Waals surface area contributed by atoms with Gasteiger partial charge in [-0.25, -0.2) is 9.59 Å². The molecular weight excluding hydrogens is 360 g/mol. The lowest BCUT2D eigenvalue weighted by molar-refractivity contribution is -0.181. The first-order valence-corrected chi connectivity index (χ1v) is 9.68. The summed E-state index contributed by atoms with van der Waals surface area (Å²) in [5.41, 5.74) is -0.439. The standard InChI is InChI=1S/C21H30N2O5/c1-14-17(22(28-18(14)24)12-15-10-8-7-9-11-15)16-13-26-21(5,6)23(16)19(25)27-20(2,3)4/h7-11,14,16-17H,12-13H2,1-6H3/t14-,16+,17+/m1/s1. The molecule has 0 unspecified atom stereocenters. The fraction of sp³-hybridized carbons (Fsp3) is 0.619. The van der Waals surface area contributed by atoms with Crippen LogP contribution in [0.25, 0.3) is 0 Å². The Hall–Kier alpha value is -2.12. The molecule has 154 valence electrons. The summed E-state index contributed by atoms with van der Waals surface area (Å²) < 4.78 is 11.6. The maximum atomic E-state index is 13.0. The molecule has 0 aliphatic carbocycles. The van der Waals surface area contributed by atoms with E-state index in [-0.39, 0.29) is 18.1 Å². The van der Waals surface area contributed by atoms with E-state index in [0.717, 1.165) is 5.56 Å². The van der Waals surface area contributed by atoms with E-state index in [0.29, 0.717) is 13.2 Å². The summed E-state index contributed by atoms with van der Waals surface area (Å²) in [5.74, 6) is -0.689. The molecule has 1 aromatic rings. The van der Waals surface area contributed by atoms with Gasteiger partial charge in [-0.15, -0.1) is 5.06 Å². The number of carbonyl (C=O) groups excluding carboxylic acids is 2. The molecule has 1 aromatic carbocycles. The van der Waals surface area contributed by atoms with Crippen molar-refractivity contribution in [1.29, 1.82) is 0 Å². The van der Waals surface area contributed by atoms with Crippen molar-refractivity contribution in [2.75, 3.05) is 6.61 Å². The summed E-state index contributed by atoms with van der Waals surface area (Å²) >= 11 is 0. The summed E-state index contributed by atoms with van der Waals surface area (Å²) in [4.78, 5) is 32.5. The summed E-state index contributed by atoms with van der Waals surface area (Å²) in [5, 5.41) is 1.68. The zero-order valence-electron chi connectivity index (χ0n) is 17.5. The van der Waals surface area contributed by atoms with Crippen molar-refractivity contribution >= 4 is 12.1 Å². The van der Waals surface area contributed by atoms with Gasteiger partial charge in [-0.3, -0.25) is 4.90 Å². The van der Waals surface area contributed by atoms with Crippen molar-refractivity contribution in [2.24, 2.45) is 5.92 Å². The smallest absolute Gasteiger partial charge is 0.412 e. The molecule has 2 aliphatic rings. The number of hydroxylamine groups is 2. The molecule has 2 fully saturated rings. The lowest BCUT2D eigenvalue weighted by Crippen LogP contribution is -2.56. The Balaban J connectivity index is 1.88. The molecule has 0 radical (unpaired) electrons. The molecule has 28 heavy (non-hydrogen) atoms. The zero-order chi connectivity index (χ0) is 20.7. The van der Waals surface area contributed by atoms with Crippen molar-refractivity contribution < 1.29 is 23.9 Å². The first kappa shape index (κ1) is 20.6. The molecule has 0 N–H and O–H groups in total. The minimum atomic E-state index is -0.837. The largest absolute Gasteiger partial charge is 0.444 e. The van der Waals surface area contributed by atoms with E-state index in [1.807, 2.05) is 71.9 Å². The molecule has 3 atom stereocenters. The molecule has 7 nitrogen and oxygen atoms in total. The van der Waals surface area contributed by atoms with Gasteiger partial charge in [0, 0.05) is 0 Å². The lowest BCUT2D eigenvalue weighted by Gasteiger charge is -2.38. The van der Waals surface area contributed by atoms with Crippen molar-refractivity contribution in [3.8, 4) is 0 Å². The van der Waals surface area contributed by atoms with Crippen molar-refractivity contribution in [1.82, 2.24) is 9.96 Å². The molecule has 0 aromatic heterocycles. The van der Waals surface area contributed by atoms with Gasteiger partial charge in [0.1, 0.15) is 11.3 Å². The molecule has 1 amide bonds. The Morgan fingerprint density at radius 3 is 2.50 bits per heavy atom. The lowest BCUT2D eigenvalue weighted by atomic mass is 9.94. The van der Waals surface area contributed by atoms with Crippen LogP contribution >= 0.6 is 0 Å². The second-order valence-electron chi connectivity index (χ2n) is 8.93. The van der Waals surface area contributed by atoms with Crippen molar-refractivity contribution in [3.63, 3.8) is 0 Å². The molecule has 7 heteroatoms. The predicted octanol–water partition coefficient (Wildman–Crippen LogP) is 3.34. The van der Waals surface area contributed by atoms with Crippen LogP contribution in [0.4, 0.5) is 4.79 Å². The van der Waals surface area contributed by atoms with E-state index >= 15 is 0 Å². The highest BCUT2D eigenvalue weighted by Gasteiger charge is 2.55. The monoisotopic (exact) mass is 390 g/mol. The summed E-state index contributed by atoms with van der Waals surface area (Å²) in [7, 11) is 0. The van der Waals surface area contributed by atoms with Crippen LogP contribution in [0.1, 0.15) is 47.1 Å². The average Bonchev–Trinajstić information content (AvgIpc) is 3.02. The minimum Gasteiger partial charge on any atom is -0.444 e. The normalized spacial score (nSPS) is 27.7. The van der Waals surface area contributed by atoms with E-state index < -0.39 is 23.3 Å². The van der Waals surface area contributed by atoms with Crippen LogP contribution < -0.4 is 0 Å². The van der Waals surface area contributed by atoms with Crippen LogP contribution in [-0.2, 0) is 25.7 Å². The third-order valence-corrected chi connectivity index (χ3v) is 5.11. The van der Waals surface area contributed by atoms with Crippen molar-refractivity contribution in [2.45, 2.75) is 71.5 Å². The van der Waals surface area contributed by atoms with Crippen LogP contribution in [0.5, 0.6) is 0 Å². The van der Waals surface area contributed by atoms with Crippen LogP contribution in [0, 0.1) is 5.92 Å². The number of ether oxygens (including phenoxy) is 2. The summed E-state index contributed by atoms with van der Waals surface area (Å²) in [6.07, 6.45) is -0.453. The maximum Gasteiger partial charge on any atom is 0.412 e. The average molecular weight is 390 g/mol. The van der Waals surface area contributed by atoms with Crippen LogP contribution in [0.3, 0.4) is 0 Å². The van der Waals surface area contributed by atoms with E-state index in [9.17, 15) is 9.59 Å². The first-order valence-electron chi connectivity index (χ1n) is 9.68. The first-order chi connectivity index (χ1) is 13.0. The Bertz CT molecular complexity index is 728. The highest BCUT2D eigenvalue weighted by Crippen LogP contribution is 2.37. The van der Waals surface area contributed by atoms with Gasteiger partial charge in [0.2, 0.25) is 0 Å². The third-order valence-electron chi connectivity index (χ3n) is 5.11. The molecule has 2 aliphatic heterocycles. The summed E-state index contributed by atoms with van der Waals surface area (Å²) in [6.45, 7) is 11.7. The van der Waals surface area contributed by atoms with Gasteiger partial charge in [-0.1, -0.05) is 37.3 Å². The van der Waals surface area contributed by atoms with Crippen LogP contribution in [0.15, 0.2) is 30.3 Å². The molecular formula is C21H30N2O5. The van der Waals surface area contributed by atoms with E-state index in [4.69, 9.17) is 14.3 Å². The Labute approximate surface area is 166 Å². The second kappa shape index (κ2) is 7.37. The molecule has 0 spiro atoms. The van der Waals surface area contributed by atoms with Gasteiger partial charge in [0.05, 0.1) is 31.2 Å². The quantitative estimate of drug-likeness (QED) is 0.789. The topological polar surface area (TPSA) is 68.3 Å². The van der Waals surface area contributed by atoms with Crippen LogP contribution in [-0.4, -0.2) is 52.0 Å². The Morgan fingerprint density at radius 1 is 1.25 bits per heavy atom. The fourth-order valence-electron chi connectivity index (χ4n) is 3.82. The number of amides is 1. The van der Waals surface area contributed by atoms with Crippen molar-refractivity contribution in [3.05, 3.63) is 35.9 Å². The summed E-state index contributed by atoms with van der Waals surface area (Å²) in [6, 6.07) is 9.10. The second-order valence-corrected chi connectivity index (χ2v) is 8.93. The maximum absolute atomic E-state index is 13.0. The molecule has 0 bridgehead atoms. The number of nitrogens with zero attached hydrogens (tertiary/aromatic N) is 2. The van der Waals surface area contributed by atoms with E-state index in [2.05, 4.69) is 0 Å². The fourth-order valence-corrected chi connectivity index (χ4v) is 3.82. The number of carbonyl (C=O) groups is 2. The van der Waals surface area contributed by atoms with E-state index in [1.54, 1.807) is 9.96 Å². The van der Waals surface area contributed by atoms with Gasteiger partial charge in [0.25, 0.3) is 0 Å². The SMILES string of the molecule is C[C@H]1C(=O)ON(Cc2ccccc2)[C@@H]1[C@@H]1COC(C)(C)N1C(=O)OC(C)(C)C. The highest BCUT2D eigenvalue weighted by molar-refractivity contribution is 5.75. The van der Waals surface area contributed by atoms with Gasteiger partial charge >= 0.3 is 12.1 Å². The van der Waals surface area contributed by atoms with Gasteiger partial charge in [-0.05, 0) is 40.2 Å². The Morgan fingerprint density at radius 2 is 1.89 bits per heavy atom. The molecule has 2 saturated heterocycles.